The molecule has 0 aromatic heterocycles. The maximum absolute atomic E-state index is 12.4. The first-order valence-corrected chi connectivity index (χ1v) is 7.42. The minimum atomic E-state index is -0.736. The van der Waals surface area contributed by atoms with E-state index in [1.807, 2.05) is 24.3 Å². The van der Waals surface area contributed by atoms with Crippen LogP contribution in [0.2, 0.25) is 0 Å². The van der Waals surface area contributed by atoms with Crippen LogP contribution in [0.1, 0.15) is 21.5 Å². The topological polar surface area (TPSA) is 72.5 Å². The lowest BCUT2D eigenvalue weighted by atomic mass is 10.0. The molecule has 120 valence electrons. The van der Waals surface area contributed by atoms with Crippen molar-refractivity contribution in [1.82, 2.24) is 0 Å². The summed E-state index contributed by atoms with van der Waals surface area (Å²) in [7, 11) is 1.28. The molecule has 0 aliphatic heterocycles. The fourth-order valence-electron chi connectivity index (χ4n) is 2.65. The SMILES string of the molecule is COC(=O)c1cccc(NC(=O)C(=O)C2=CCc3ccccc32)c1. The van der Waals surface area contributed by atoms with Crippen LogP contribution in [-0.2, 0) is 20.7 Å². The molecule has 3 rings (SSSR count). The number of nitrogens with one attached hydrogen (secondary N) is 1. The average molecular weight is 321 g/mol. The molecular formula is C19H15NO4. The predicted molar refractivity (Wildman–Crippen MR) is 89.5 cm³/mol. The van der Waals surface area contributed by atoms with Crippen molar-refractivity contribution in [2.75, 3.05) is 12.4 Å². The zero-order valence-electron chi connectivity index (χ0n) is 13.0. The molecule has 2 aromatic carbocycles. The Bertz CT molecular complexity index is 867. The number of rotatable bonds is 4. The quantitative estimate of drug-likeness (QED) is 0.694. The van der Waals surface area contributed by atoms with Crippen molar-refractivity contribution < 1.29 is 19.1 Å². The Hall–Kier alpha value is -3.21. The molecule has 0 fully saturated rings. The van der Waals surface area contributed by atoms with Crippen LogP contribution < -0.4 is 5.32 Å². The highest BCUT2D eigenvalue weighted by Crippen LogP contribution is 2.28. The summed E-state index contributed by atoms with van der Waals surface area (Å²) in [4.78, 5) is 36.2. The number of esters is 1. The highest BCUT2D eigenvalue weighted by atomic mass is 16.5. The molecule has 0 radical (unpaired) electrons. The second-order valence-electron chi connectivity index (χ2n) is 5.33. The van der Waals surface area contributed by atoms with Crippen LogP contribution in [0.25, 0.3) is 5.57 Å². The predicted octanol–water partition coefficient (Wildman–Crippen LogP) is 2.62. The number of ether oxygens (including phenoxy) is 1. The van der Waals surface area contributed by atoms with E-state index in [2.05, 4.69) is 10.1 Å². The Kier molecular flexibility index (Phi) is 4.24. The molecule has 0 atom stereocenters. The molecule has 1 aliphatic carbocycles. The molecule has 0 spiro atoms. The Balaban J connectivity index is 1.77. The van der Waals surface area contributed by atoms with Crippen molar-refractivity contribution in [3.8, 4) is 0 Å². The van der Waals surface area contributed by atoms with Crippen molar-refractivity contribution in [3.05, 3.63) is 71.3 Å². The standard InChI is InChI=1S/C19H15NO4/c1-24-19(23)13-6-4-7-14(11-13)20-18(22)17(21)16-10-9-12-5-2-3-8-15(12)16/h2-8,10-11H,9H2,1H3,(H,20,22). The second kappa shape index (κ2) is 6.50. The van der Waals surface area contributed by atoms with Crippen LogP contribution in [-0.4, -0.2) is 24.8 Å². The highest BCUT2D eigenvalue weighted by molar-refractivity contribution is 6.56. The first-order valence-electron chi connectivity index (χ1n) is 7.42. The van der Waals surface area contributed by atoms with E-state index in [0.29, 0.717) is 23.2 Å². The number of anilines is 1. The molecule has 0 unspecified atom stereocenters. The van der Waals surface area contributed by atoms with Crippen molar-refractivity contribution in [2.45, 2.75) is 6.42 Å². The number of amides is 1. The molecule has 1 N–H and O–H groups in total. The molecule has 0 bridgehead atoms. The van der Waals surface area contributed by atoms with Crippen molar-refractivity contribution in [2.24, 2.45) is 0 Å². The van der Waals surface area contributed by atoms with Crippen LogP contribution in [0.4, 0.5) is 5.69 Å². The van der Waals surface area contributed by atoms with Gasteiger partial charge in [0.2, 0.25) is 0 Å². The number of carbonyl (C=O) groups is 3. The Morgan fingerprint density at radius 2 is 1.83 bits per heavy atom. The van der Waals surface area contributed by atoms with Crippen molar-refractivity contribution in [3.63, 3.8) is 0 Å². The van der Waals surface area contributed by atoms with E-state index in [1.165, 1.54) is 13.2 Å². The molecule has 0 saturated heterocycles. The third kappa shape index (κ3) is 2.96. The Labute approximate surface area is 138 Å². The summed E-state index contributed by atoms with van der Waals surface area (Å²) >= 11 is 0. The van der Waals surface area contributed by atoms with E-state index in [-0.39, 0.29) is 0 Å². The van der Waals surface area contributed by atoms with E-state index < -0.39 is 17.7 Å². The average Bonchev–Trinajstić information content (AvgIpc) is 3.04. The number of benzene rings is 2. The fraction of sp³-hybridized carbons (Fsp3) is 0.105. The molecule has 1 amide bonds. The van der Waals surface area contributed by atoms with E-state index in [1.54, 1.807) is 24.3 Å². The van der Waals surface area contributed by atoms with Gasteiger partial charge in [-0.05, 0) is 35.7 Å². The zero-order chi connectivity index (χ0) is 17.1. The van der Waals surface area contributed by atoms with Gasteiger partial charge in [0.1, 0.15) is 0 Å². The van der Waals surface area contributed by atoms with Crippen molar-refractivity contribution in [1.29, 1.82) is 0 Å². The Morgan fingerprint density at radius 1 is 1.04 bits per heavy atom. The minimum absolute atomic E-state index is 0.299. The second-order valence-corrected chi connectivity index (χ2v) is 5.33. The third-order valence-corrected chi connectivity index (χ3v) is 3.83. The van der Waals surface area contributed by atoms with Gasteiger partial charge in [0.15, 0.2) is 0 Å². The van der Waals surface area contributed by atoms with Gasteiger partial charge in [-0.2, -0.15) is 0 Å². The lowest BCUT2D eigenvalue weighted by Crippen LogP contribution is -2.23. The number of hydrogen-bond acceptors (Lipinski definition) is 4. The monoisotopic (exact) mass is 321 g/mol. The molecule has 2 aromatic rings. The maximum atomic E-state index is 12.4. The lowest BCUT2D eigenvalue weighted by Gasteiger charge is -2.07. The number of allylic oxidation sites excluding steroid dienone is 1. The first kappa shape index (κ1) is 15.7. The number of methoxy groups -OCH3 is 1. The first-order chi connectivity index (χ1) is 11.6. The molecule has 24 heavy (non-hydrogen) atoms. The normalized spacial score (nSPS) is 12.1. The molecule has 1 aliphatic rings. The molecular weight excluding hydrogens is 306 g/mol. The molecule has 5 heteroatoms. The van der Waals surface area contributed by atoms with Crippen LogP contribution in [0.15, 0.2) is 54.6 Å². The van der Waals surface area contributed by atoms with Gasteiger partial charge in [-0.25, -0.2) is 4.79 Å². The minimum Gasteiger partial charge on any atom is -0.465 e. The number of carbonyl (C=O) groups excluding carboxylic acids is 3. The van der Waals surface area contributed by atoms with Crippen LogP contribution in [0, 0.1) is 0 Å². The summed E-state index contributed by atoms with van der Waals surface area (Å²) < 4.78 is 4.64. The van der Waals surface area contributed by atoms with Gasteiger partial charge in [-0.3, -0.25) is 9.59 Å². The van der Waals surface area contributed by atoms with Gasteiger partial charge in [0.25, 0.3) is 11.7 Å². The number of Topliss-reactive ketones (excluding diaryl/α,β-unsaturated/α-hetero) is 1. The smallest absolute Gasteiger partial charge is 0.337 e. The number of ketones is 1. The Morgan fingerprint density at radius 3 is 2.62 bits per heavy atom. The van der Waals surface area contributed by atoms with E-state index in [0.717, 1.165) is 11.1 Å². The molecule has 5 nitrogen and oxygen atoms in total. The van der Waals surface area contributed by atoms with E-state index in [9.17, 15) is 14.4 Å². The fourth-order valence-corrected chi connectivity index (χ4v) is 2.65. The summed E-state index contributed by atoms with van der Waals surface area (Å²) in [6.07, 6.45) is 2.40. The summed E-state index contributed by atoms with van der Waals surface area (Å²) in [5.41, 5.74) is 2.89. The summed E-state index contributed by atoms with van der Waals surface area (Å²) in [6.45, 7) is 0. The van der Waals surface area contributed by atoms with Crippen LogP contribution in [0.5, 0.6) is 0 Å². The molecule has 0 saturated carbocycles. The van der Waals surface area contributed by atoms with Crippen molar-refractivity contribution >= 4 is 28.9 Å². The summed E-state index contributed by atoms with van der Waals surface area (Å²) in [6, 6.07) is 13.8. The zero-order valence-corrected chi connectivity index (χ0v) is 13.0. The van der Waals surface area contributed by atoms with Gasteiger partial charge in [-0.1, -0.05) is 36.4 Å². The van der Waals surface area contributed by atoms with Gasteiger partial charge in [0, 0.05) is 11.3 Å². The number of fused-ring (bicyclic) bond motifs is 1. The van der Waals surface area contributed by atoms with E-state index in [4.69, 9.17) is 0 Å². The lowest BCUT2D eigenvalue weighted by molar-refractivity contribution is -0.131. The van der Waals surface area contributed by atoms with Gasteiger partial charge in [-0.15, -0.1) is 0 Å². The summed E-state index contributed by atoms with van der Waals surface area (Å²) in [5, 5.41) is 2.53. The van der Waals surface area contributed by atoms with E-state index >= 15 is 0 Å². The maximum Gasteiger partial charge on any atom is 0.337 e. The van der Waals surface area contributed by atoms with Gasteiger partial charge < -0.3 is 10.1 Å². The largest absolute Gasteiger partial charge is 0.465 e. The highest BCUT2D eigenvalue weighted by Gasteiger charge is 2.25. The summed E-state index contributed by atoms with van der Waals surface area (Å²) in [5.74, 6) is -1.84. The van der Waals surface area contributed by atoms with Gasteiger partial charge in [0.05, 0.1) is 12.7 Å². The van der Waals surface area contributed by atoms with Crippen LogP contribution in [0.3, 0.4) is 0 Å². The van der Waals surface area contributed by atoms with Crippen LogP contribution >= 0.6 is 0 Å². The van der Waals surface area contributed by atoms with Gasteiger partial charge >= 0.3 is 5.97 Å². The molecule has 0 heterocycles. The number of hydrogen-bond donors (Lipinski definition) is 1. The third-order valence-electron chi connectivity index (χ3n) is 3.83.